The molecule has 11 heteroatoms. The summed E-state index contributed by atoms with van der Waals surface area (Å²) in [7, 11) is 1.54. The minimum absolute atomic E-state index is 0.00542. The van der Waals surface area contributed by atoms with Gasteiger partial charge in [-0.3, -0.25) is 4.79 Å². The number of nitrogens with one attached hydrogen (secondary N) is 3. The second-order valence-corrected chi connectivity index (χ2v) is 8.53. The van der Waals surface area contributed by atoms with Crippen molar-refractivity contribution < 1.29 is 19.0 Å². The van der Waals surface area contributed by atoms with Crippen LogP contribution in [0.5, 0.6) is 5.75 Å². The Morgan fingerprint density at radius 3 is 2.97 bits per heavy atom. The number of nitrogens with two attached hydrogens (primary N) is 1. The van der Waals surface area contributed by atoms with Gasteiger partial charge in [0.2, 0.25) is 5.95 Å². The monoisotopic (exact) mass is 484 g/mol. The normalized spacial score (nSPS) is 19.9. The van der Waals surface area contributed by atoms with E-state index in [9.17, 15) is 4.79 Å². The lowest BCUT2D eigenvalue weighted by molar-refractivity contribution is -0.0928. The van der Waals surface area contributed by atoms with E-state index in [0.717, 1.165) is 5.69 Å². The number of anilines is 3. The van der Waals surface area contributed by atoms with Crippen LogP contribution in [-0.4, -0.2) is 60.4 Å². The number of carbonyl (C=O) groups is 1. The molecule has 0 spiro atoms. The maximum Gasteiger partial charge on any atom is 0.255 e. The zero-order chi connectivity index (χ0) is 23.7. The van der Waals surface area contributed by atoms with Gasteiger partial charge in [0.15, 0.2) is 5.75 Å². The molecular formula is C23H25ClN6O4. The Morgan fingerprint density at radius 1 is 1.32 bits per heavy atom. The SMILES string of the molecule is COc1c(Cl)cccc1Nc1c(-c2ccnc(N)n2)[nH]c2c1C(=O)NCC2C[C@H]1COCCO1. The summed E-state index contributed by atoms with van der Waals surface area (Å²) in [6, 6.07) is 7.10. The van der Waals surface area contributed by atoms with E-state index in [0.29, 0.717) is 71.9 Å². The van der Waals surface area contributed by atoms with Gasteiger partial charge in [0.05, 0.1) is 66.4 Å². The van der Waals surface area contributed by atoms with E-state index in [1.807, 2.05) is 6.07 Å². The van der Waals surface area contributed by atoms with Crippen molar-refractivity contribution in [3.05, 3.63) is 46.7 Å². The molecule has 1 unspecified atom stereocenters. The summed E-state index contributed by atoms with van der Waals surface area (Å²) in [4.78, 5) is 24.9. The Labute approximate surface area is 201 Å². The maximum atomic E-state index is 13.1. The molecule has 0 radical (unpaired) electrons. The van der Waals surface area contributed by atoms with Gasteiger partial charge in [-0.1, -0.05) is 17.7 Å². The highest BCUT2D eigenvalue weighted by Gasteiger charge is 2.35. The third-order valence-corrected chi connectivity index (χ3v) is 6.26. The van der Waals surface area contributed by atoms with Crippen LogP contribution in [0.4, 0.5) is 17.3 Å². The summed E-state index contributed by atoms with van der Waals surface area (Å²) in [5, 5.41) is 6.81. The van der Waals surface area contributed by atoms with E-state index in [1.54, 1.807) is 31.5 Å². The van der Waals surface area contributed by atoms with Crippen molar-refractivity contribution in [3.63, 3.8) is 0 Å². The van der Waals surface area contributed by atoms with Gasteiger partial charge in [-0.15, -0.1) is 0 Å². The number of methoxy groups -OCH3 is 1. The van der Waals surface area contributed by atoms with Gasteiger partial charge < -0.3 is 35.6 Å². The summed E-state index contributed by atoms with van der Waals surface area (Å²) in [6.45, 7) is 2.17. The van der Waals surface area contributed by atoms with Gasteiger partial charge in [0.25, 0.3) is 5.91 Å². The van der Waals surface area contributed by atoms with Crippen molar-refractivity contribution in [1.29, 1.82) is 0 Å². The number of hydrogen-bond donors (Lipinski definition) is 4. The lowest BCUT2D eigenvalue weighted by Crippen LogP contribution is -2.38. The lowest BCUT2D eigenvalue weighted by Gasteiger charge is -2.29. The minimum Gasteiger partial charge on any atom is -0.493 e. The quantitative estimate of drug-likeness (QED) is 0.419. The minimum atomic E-state index is -0.194. The van der Waals surface area contributed by atoms with Crippen molar-refractivity contribution in [2.45, 2.75) is 18.4 Å². The number of halogens is 1. The third kappa shape index (κ3) is 4.27. The Bertz CT molecular complexity index is 1210. The molecule has 0 saturated carbocycles. The summed E-state index contributed by atoms with van der Waals surface area (Å²) in [5.41, 5.74) is 9.49. The summed E-state index contributed by atoms with van der Waals surface area (Å²) < 4.78 is 16.9. The molecule has 2 atom stereocenters. The molecule has 178 valence electrons. The van der Waals surface area contributed by atoms with Crippen molar-refractivity contribution in [2.24, 2.45) is 0 Å². The van der Waals surface area contributed by atoms with Crippen molar-refractivity contribution in [3.8, 4) is 17.1 Å². The van der Waals surface area contributed by atoms with Gasteiger partial charge in [0.1, 0.15) is 0 Å². The van der Waals surface area contributed by atoms with E-state index in [1.165, 1.54) is 0 Å². The number of hydrogen-bond acceptors (Lipinski definition) is 8. The summed E-state index contributed by atoms with van der Waals surface area (Å²) in [5.74, 6) is 0.395. The highest BCUT2D eigenvalue weighted by atomic mass is 35.5. The Kier molecular flexibility index (Phi) is 6.27. The number of H-pyrrole nitrogens is 1. The lowest BCUT2D eigenvalue weighted by atomic mass is 9.91. The number of nitrogens with zero attached hydrogens (tertiary/aromatic N) is 2. The summed E-state index contributed by atoms with van der Waals surface area (Å²) >= 11 is 6.34. The maximum absolute atomic E-state index is 13.1. The number of fused-ring (bicyclic) bond motifs is 1. The predicted molar refractivity (Wildman–Crippen MR) is 128 cm³/mol. The first-order chi connectivity index (χ1) is 16.5. The van der Waals surface area contributed by atoms with E-state index >= 15 is 0 Å². The molecule has 0 bridgehead atoms. The highest BCUT2D eigenvalue weighted by molar-refractivity contribution is 6.32. The first-order valence-electron chi connectivity index (χ1n) is 11.0. The number of ether oxygens (including phenoxy) is 3. The molecular weight excluding hydrogens is 460 g/mol. The Hall–Kier alpha value is -3.34. The topological polar surface area (TPSA) is 136 Å². The van der Waals surface area contributed by atoms with E-state index < -0.39 is 0 Å². The molecule has 1 aromatic carbocycles. The van der Waals surface area contributed by atoms with Crippen LogP contribution in [0.2, 0.25) is 5.02 Å². The number of para-hydroxylation sites is 1. The van der Waals surface area contributed by atoms with Gasteiger partial charge >= 0.3 is 0 Å². The number of carbonyl (C=O) groups excluding carboxylic acids is 1. The predicted octanol–water partition coefficient (Wildman–Crippen LogP) is 3.09. The number of aromatic nitrogens is 3. The average molecular weight is 485 g/mol. The van der Waals surface area contributed by atoms with Crippen LogP contribution in [0, 0.1) is 0 Å². The van der Waals surface area contributed by atoms with E-state index in [2.05, 4.69) is 25.6 Å². The van der Waals surface area contributed by atoms with Crippen LogP contribution in [0.1, 0.15) is 28.4 Å². The largest absolute Gasteiger partial charge is 0.493 e. The van der Waals surface area contributed by atoms with Gasteiger partial charge in [-0.2, -0.15) is 0 Å². The molecule has 1 fully saturated rings. The number of nitrogen functional groups attached to an aromatic ring is 1. The number of amides is 1. The molecule has 2 aromatic heterocycles. The van der Waals surface area contributed by atoms with Gasteiger partial charge in [0, 0.05) is 24.4 Å². The second-order valence-electron chi connectivity index (χ2n) is 8.12. The Balaban J connectivity index is 1.62. The molecule has 34 heavy (non-hydrogen) atoms. The first kappa shape index (κ1) is 22.5. The Morgan fingerprint density at radius 2 is 2.21 bits per heavy atom. The second kappa shape index (κ2) is 9.49. The first-order valence-corrected chi connectivity index (χ1v) is 11.3. The van der Waals surface area contributed by atoms with Gasteiger partial charge in [-0.05, 0) is 24.6 Å². The fourth-order valence-corrected chi connectivity index (χ4v) is 4.69. The summed E-state index contributed by atoms with van der Waals surface area (Å²) in [6.07, 6.45) is 2.22. The van der Waals surface area contributed by atoms with Crippen LogP contribution < -0.4 is 21.1 Å². The standard InChI is InChI=1S/C23H25ClN6O4/c1-32-21-14(24)3-2-4-16(21)28-20-17-18(30-19(20)15-5-6-26-23(25)29-15)12(10-27-22(17)31)9-13-11-33-7-8-34-13/h2-6,12-13,28,30H,7-11H2,1H3,(H,27,31)(H2,25,26,29)/t12?,13-/m0/s1. The molecule has 1 saturated heterocycles. The number of benzene rings is 1. The third-order valence-electron chi connectivity index (χ3n) is 5.97. The molecule has 4 heterocycles. The van der Waals surface area contributed by atoms with E-state index in [-0.39, 0.29) is 23.9 Å². The van der Waals surface area contributed by atoms with E-state index in [4.69, 9.17) is 31.5 Å². The zero-order valence-corrected chi connectivity index (χ0v) is 19.3. The molecule has 5 rings (SSSR count). The fourth-order valence-electron chi connectivity index (χ4n) is 4.44. The fraction of sp³-hybridized carbons (Fsp3) is 0.348. The molecule has 0 aliphatic carbocycles. The molecule has 10 nitrogen and oxygen atoms in total. The molecule has 2 aliphatic rings. The smallest absolute Gasteiger partial charge is 0.255 e. The molecule has 5 N–H and O–H groups in total. The van der Waals surface area contributed by atoms with Crippen LogP contribution in [0.25, 0.3) is 11.4 Å². The average Bonchev–Trinajstić information content (AvgIpc) is 3.22. The number of aromatic amines is 1. The van der Waals surface area contributed by atoms with Gasteiger partial charge in [-0.25, -0.2) is 9.97 Å². The zero-order valence-electron chi connectivity index (χ0n) is 18.6. The molecule has 1 amide bonds. The van der Waals surface area contributed by atoms with Crippen molar-refractivity contribution in [2.75, 3.05) is 44.5 Å². The highest BCUT2D eigenvalue weighted by Crippen LogP contribution is 2.43. The van der Waals surface area contributed by atoms with Crippen LogP contribution >= 0.6 is 11.6 Å². The molecule has 3 aromatic rings. The molecule has 2 aliphatic heterocycles. The van der Waals surface area contributed by atoms with Crippen molar-refractivity contribution >= 4 is 34.8 Å². The van der Waals surface area contributed by atoms with Crippen LogP contribution in [0.15, 0.2) is 30.5 Å². The van der Waals surface area contributed by atoms with Crippen LogP contribution in [-0.2, 0) is 9.47 Å². The van der Waals surface area contributed by atoms with Crippen LogP contribution in [0.3, 0.4) is 0 Å². The number of rotatable bonds is 6. The van der Waals surface area contributed by atoms with Crippen molar-refractivity contribution in [1.82, 2.24) is 20.3 Å².